The first-order chi connectivity index (χ1) is 6.21. The van der Waals surface area contributed by atoms with Gasteiger partial charge in [0.2, 0.25) is 0 Å². The number of amidine groups is 1. The van der Waals surface area contributed by atoms with Gasteiger partial charge in [0.15, 0.2) is 10.8 Å². The average Bonchev–Trinajstić information content (AvgIpc) is 2.52. The van der Waals surface area contributed by atoms with Crippen molar-refractivity contribution in [2.24, 2.45) is 4.99 Å². The number of nitrogens with zero attached hydrogens (tertiary/aromatic N) is 1. The van der Waals surface area contributed by atoms with Gasteiger partial charge in [-0.15, -0.1) is 0 Å². The normalized spacial score (nSPS) is 24.8. The summed E-state index contributed by atoms with van der Waals surface area (Å²) in [5.74, 6) is 0.376. The van der Waals surface area contributed by atoms with Crippen LogP contribution in [-0.2, 0) is 4.79 Å². The zero-order valence-corrected chi connectivity index (χ0v) is 7.99. The largest absolute Gasteiger partial charge is 0.303 e. The Morgan fingerprint density at radius 2 is 2.38 bits per heavy atom. The van der Waals surface area contributed by atoms with E-state index in [1.807, 2.05) is 0 Å². The number of carbonyl (C=O) groups is 1. The molecule has 0 atom stereocenters. The molecule has 1 heterocycles. The molecule has 0 saturated heterocycles. The number of amides is 1. The minimum absolute atomic E-state index is 0.358. The molecule has 2 aliphatic rings. The minimum Gasteiger partial charge on any atom is -0.303 e. The number of hydrogen-bond acceptors (Lipinski definition) is 3. The van der Waals surface area contributed by atoms with Crippen molar-refractivity contribution in [3.8, 4) is 0 Å². The lowest BCUT2D eigenvalue weighted by atomic mass is 9.81. The monoisotopic (exact) mass is 202 g/mol. The number of rotatable bonds is 1. The van der Waals surface area contributed by atoms with Crippen molar-refractivity contribution in [1.82, 2.24) is 5.32 Å². The number of halogens is 1. The summed E-state index contributed by atoms with van der Waals surface area (Å²) in [6, 6.07) is 0. The van der Waals surface area contributed by atoms with Crippen LogP contribution in [0.3, 0.4) is 0 Å². The third kappa shape index (κ3) is 1.70. The molecule has 0 radical (unpaired) electrons. The molecule has 1 fully saturated rings. The van der Waals surface area contributed by atoms with Crippen LogP contribution >= 0.6 is 11.8 Å². The van der Waals surface area contributed by atoms with E-state index in [0.717, 1.165) is 18.7 Å². The third-order valence-electron chi connectivity index (χ3n) is 2.36. The molecule has 1 amide bonds. The fourth-order valence-corrected chi connectivity index (χ4v) is 2.06. The molecular weight excluding hydrogens is 191 g/mol. The quantitative estimate of drug-likeness (QED) is 0.691. The van der Waals surface area contributed by atoms with Gasteiger partial charge < -0.3 is 5.32 Å². The molecule has 1 aliphatic heterocycles. The van der Waals surface area contributed by atoms with Crippen LogP contribution in [0.5, 0.6) is 0 Å². The number of hydrogen-bond donors (Lipinski definition) is 1. The van der Waals surface area contributed by atoms with Crippen LogP contribution in [0.4, 0.5) is 4.39 Å². The standard InChI is InChI=1S/C8H11FN2OS/c9-8(2-1-3-8)6(12)11-7-10-4-5-13-7/h1-5H2,(H,10,11,12). The van der Waals surface area contributed by atoms with E-state index in [0.29, 0.717) is 18.0 Å². The summed E-state index contributed by atoms with van der Waals surface area (Å²) in [5.41, 5.74) is -1.61. The van der Waals surface area contributed by atoms with E-state index in [1.165, 1.54) is 11.8 Å². The van der Waals surface area contributed by atoms with Crippen LogP contribution < -0.4 is 5.32 Å². The Labute approximate surface area is 80.2 Å². The lowest BCUT2D eigenvalue weighted by Gasteiger charge is -2.31. The van der Waals surface area contributed by atoms with Gasteiger partial charge in [-0.05, 0) is 19.3 Å². The van der Waals surface area contributed by atoms with Crippen molar-refractivity contribution in [2.45, 2.75) is 24.9 Å². The highest BCUT2D eigenvalue weighted by Gasteiger charge is 2.45. The maximum Gasteiger partial charge on any atom is 0.263 e. The van der Waals surface area contributed by atoms with Crippen molar-refractivity contribution in [2.75, 3.05) is 12.3 Å². The molecule has 3 nitrogen and oxygen atoms in total. The van der Waals surface area contributed by atoms with E-state index < -0.39 is 11.6 Å². The number of carbonyl (C=O) groups excluding carboxylic acids is 1. The van der Waals surface area contributed by atoms with E-state index in [9.17, 15) is 9.18 Å². The first kappa shape index (κ1) is 8.99. The maximum absolute atomic E-state index is 13.5. The van der Waals surface area contributed by atoms with E-state index in [1.54, 1.807) is 0 Å². The highest BCUT2D eigenvalue weighted by atomic mass is 32.2. The van der Waals surface area contributed by atoms with Crippen LogP contribution in [0.25, 0.3) is 0 Å². The molecule has 72 valence electrons. The molecule has 0 aromatic heterocycles. The van der Waals surface area contributed by atoms with Crippen molar-refractivity contribution in [3.05, 3.63) is 0 Å². The van der Waals surface area contributed by atoms with E-state index in [2.05, 4.69) is 10.3 Å². The van der Waals surface area contributed by atoms with Gasteiger partial charge in [0.25, 0.3) is 5.91 Å². The SMILES string of the molecule is O=C(NC1=NCCS1)C1(F)CCC1. The Morgan fingerprint density at radius 3 is 2.85 bits per heavy atom. The molecule has 1 N–H and O–H groups in total. The van der Waals surface area contributed by atoms with Gasteiger partial charge in [0, 0.05) is 5.75 Å². The molecule has 1 saturated carbocycles. The Kier molecular flexibility index (Phi) is 2.27. The molecule has 1 aliphatic carbocycles. The lowest BCUT2D eigenvalue weighted by Crippen LogP contribution is -2.49. The number of alkyl halides is 1. The van der Waals surface area contributed by atoms with Crippen molar-refractivity contribution in [1.29, 1.82) is 0 Å². The molecule has 0 spiro atoms. The van der Waals surface area contributed by atoms with Crippen LogP contribution in [0, 0.1) is 0 Å². The summed E-state index contributed by atoms with van der Waals surface area (Å²) in [5, 5.41) is 3.10. The molecule has 5 heteroatoms. The van der Waals surface area contributed by atoms with Crippen molar-refractivity contribution < 1.29 is 9.18 Å². The molecule has 0 bridgehead atoms. The zero-order valence-electron chi connectivity index (χ0n) is 7.18. The minimum atomic E-state index is -1.61. The smallest absolute Gasteiger partial charge is 0.263 e. The second-order valence-corrected chi connectivity index (χ2v) is 4.39. The Bertz CT molecular complexity index is 263. The first-order valence-electron chi connectivity index (χ1n) is 4.38. The van der Waals surface area contributed by atoms with Gasteiger partial charge in [-0.2, -0.15) is 0 Å². The van der Waals surface area contributed by atoms with Gasteiger partial charge >= 0.3 is 0 Å². The molecule has 0 unspecified atom stereocenters. The fraction of sp³-hybridized carbons (Fsp3) is 0.750. The fourth-order valence-electron chi connectivity index (χ4n) is 1.33. The summed E-state index contributed by atoms with van der Waals surface area (Å²) < 4.78 is 13.5. The number of nitrogens with one attached hydrogen (secondary N) is 1. The van der Waals surface area contributed by atoms with Gasteiger partial charge in [0.05, 0.1) is 6.54 Å². The van der Waals surface area contributed by atoms with E-state index >= 15 is 0 Å². The molecular formula is C8H11FN2OS. The molecule has 13 heavy (non-hydrogen) atoms. The van der Waals surface area contributed by atoms with E-state index in [-0.39, 0.29) is 0 Å². The Hall–Kier alpha value is -0.580. The highest BCUT2D eigenvalue weighted by Crippen LogP contribution is 2.36. The van der Waals surface area contributed by atoms with Gasteiger partial charge in [-0.25, -0.2) is 4.39 Å². The summed E-state index contributed by atoms with van der Waals surface area (Å²) in [6.45, 7) is 0.722. The van der Waals surface area contributed by atoms with Crippen molar-refractivity contribution >= 4 is 22.8 Å². The average molecular weight is 202 g/mol. The summed E-state index contributed by atoms with van der Waals surface area (Å²) in [4.78, 5) is 15.4. The predicted octanol–water partition coefficient (Wildman–Crippen LogP) is 1.10. The van der Waals surface area contributed by atoms with Gasteiger partial charge in [0.1, 0.15) is 0 Å². The maximum atomic E-state index is 13.5. The summed E-state index contributed by atoms with van der Waals surface area (Å²) in [7, 11) is 0. The Balaban J connectivity index is 1.90. The first-order valence-corrected chi connectivity index (χ1v) is 5.37. The number of thioether (sulfide) groups is 1. The Morgan fingerprint density at radius 1 is 1.62 bits per heavy atom. The highest BCUT2D eigenvalue weighted by molar-refractivity contribution is 8.14. The molecule has 2 rings (SSSR count). The lowest BCUT2D eigenvalue weighted by molar-refractivity contribution is -0.136. The van der Waals surface area contributed by atoms with Crippen LogP contribution in [0.1, 0.15) is 19.3 Å². The summed E-state index contributed by atoms with van der Waals surface area (Å²) >= 11 is 1.47. The topological polar surface area (TPSA) is 41.5 Å². The molecule has 0 aromatic rings. The third-order valence-corrected chi connectivity index (χ3v) is 3.25. The van der Waals surface area contributed by atoms with Crippen molar-refractivity contribution in [3.63, 3.8) is 0 Å². The van der Waals surface area contributed by atoms with Gasteiger partial charge in [-0.3, -0.25) is 9.79 Å². The van der Waals surface area contributed by atoms with Crippen LogP contribution in [0.2, 0.25) is 0 Å². The second kappa shape index (κ2) is 3.29. The van der Waals surface area contributed by atoms with Crippen LogP contribution in [-0.4, -0.2) is 29.0 Å². The van der Waals surface area contributed by atoms with Gasteiger partial charge in [-0.1, -0.05) is 11.8 Å². The summed E-state index contributed by atoms with van der Waals surface area (Å²) in [6.07, 6.45) is 1.52. The number of aliphatic imine (C=N–C) groups is 1. The zero-order chi connectivity index (χ0) is 9.31. The van der Waals surface area contributed by atoms with Crippen LogP contribution in [0.15, 0.2) is 4.99 Å². The predicted molar refractivity (Wildman–Crippen MR) is 50.6 cm³/mol. The second-order valence-electron chi connectivity index (χ2n) is 3.31. The van der Waals surface area contributed by atoms with E-state index in [4.69, 9.17) is 0 Å². The molecule has 0 aromatic carbocycles.